The van der Waals surface area contributed by atoms with E-state index >= 15 is 0 Å². The molecule has 0 spiro atoms. The van der Waals surface area contributed by atoms with Gasteiger partial charge in [0, 0.05) is 24.5 Å². The van der Waals surface area contributed by atoms with Gasteiger partial charge in [-0.1, -0.05) is 56.6 Å². The third-order valence-electron chi connectivity index (χ3n) is 5.43. The highest BCUT2D eigenvalue weighted by Crippen LogP contribution is 2.33. The minimum Gasteiger partial charge on any atom is -0.454 e. The summed E-state index contributed by atoms with van der Waals surface area (Å²) in [4.78, 5) is 27.9. The maximum atomic E-state index is 13.4. The van der Waals surface area contributed by atoms with E-state index in [1.54, 1.807) is 11.0 Å². The molecule has 2 aromatic rings. The van der Waals surface area contributed by atoms with Crippen molar-refractivity contribution in [2.45, 2.75) is 52.6 Å². The van der Waals surface area contributed by atoms with Gasteiger partial charge in [-0.15, -0.1) is 0 Å². The minimum atomic E-state index is -0.561. The van der Waals surface area contributed by atoms with Crippen molar-refractivity contribution >= 4 is 23.4 Å². The first-order valence-electron chi connectivity index (χ1n) is 11.1. The van der Waals surface area contributed by atoms with Gasteiger partial charge in [-0.3, -0.25) is 9.59 Å². The van der Waals surface area contributed by atoms with Crippen LogP contribution >= 0.6 is 11.6 Å². The Labute approximate surface area is 194 Å². The number of carbonyl (C=O) groups is 2. The summed E-state index contributed by atoms with van der Waals surface area (Å²) >= 11 is 6.37. The van der Waals surface area contributed by atoms with E-state index in [0.717, 1.165) is 11.1 Å². The van der Waals surface area contributed by atoms with Crippen LogP contribution in [-0.4, -0.2) is 36.1 Å². The lowest BCUT2D eigenvalue weighted by Crippen LogP contribution is -2.49. The number of nitrogens with zero attached hydrogens (tertiary/aromatic N) is 1. The van der Waals surface area contributed by atoms with Crippen molar-refractivity contribution in [2.24, 2.45) is 5.92 Å². The van der Waals surface area contributed by atoms with Gasteiger partial charge >= 0.3 is 0 Å². The van der Waals surface area contributed by atoms with Gasteiger partial charge in [0.2, 0.25) is 18.6 Å². The van der Waals surface area contributed by atoms with Crippen molar-refractivity contribution in [2.75, 3.05) is 13.3 Å². The first-order chi connectivity index (χ1) is 15.4. The number of halogens is 1. The Hall–Kier alpha value is -2.73. The number of benzene rings is 2. The second-order valence-electron chi connectivity index (χ2n) is 8.36. The molecule has 6 nitrogen and oxygen atoms in total. The maximum Gasteiger partial charge on any atom is 0.242 e. The molecule has 0 saturated carbocycles. The van der Waals surface area contributed by atoms with Crippen LogP contribution in [0.5, 0.6) is 11.5 Å². The van der Waals surface area contributed by atoms with E-state index in [-0.39, 0.29) is 31.6 Å². The normalized spacial score (nSPS) is 13.2. The highest BCUT2D eigenvalue weighted by molar-refractivity contribution is 6.31. The van der Waals surface area contributed by atoms with E-state index < -0.39 is 6.04 Å². The van der Waals surface area contributed by atoms with Crippen LogP contribution in [-0.2, 0) is 22.6 Å². The van der Waals surface area contributed by atoms with E-state index in [9.17, 15) is 9.59 Å². The molecule has 0 unspecified atom stereocenters. The number of ether oxygens (including phenoxy) is 2. The minimum absolute atomic E-state index is 0.0888. The number of hydrogen-bond donors (Lipinski definition) is 1. The van der Waals surface area contributed by atoms with Crippen molar-refractivity contribution in [1.29, 1.82) is 0 Å². The van der Waals surface area contributed by atoms with E-state index in [4.69, 9.17) is 21.1 Å². The average molecular weight is 459 g/mol. The standard InChI is InChI=1S/C25H31ClN2O4/c1-4-21(25(30)27-14-17(2)3)28(15-19-7-5-6-8-20(19)26)24(29)12-10-18-9-11-22-23(13-18)32-16-31-22/h5-9,11,13,17,21H,4,10,12,14-16H2,1-3H3,(H,27,30)/t21-/m0/s1. The van der Waals surface area contributed by atoms with Crippen LogP contribution in [0.25, 0.3) is 0 Å². The lowest BCUT2D eigenvalue weighted by atomic mass is 10.1. The fourth-order valence-electron chi connectivity index (χ4n) is 3.64. The lowest BCUT2D eigenvalue weighted by Gasteiger charge is -2.31. The number of fused-ring (bicyclic) bond motifs is 1. The molecule has 0 bridgehead atoms. The predicted octanol–water partition coefficient (Wildman–Crippen LogP) is 4.58. The number of amides is 2. The summed E-state index contributed by atoms with van der Waals surface area (Å²) in [5.74, 6) is 1.52. The zero-order valence-electron chi connectivity index (χ0n) is 18.9. The van der Waals surface area contributed by atoms with Gasteiger partial charge in [0.25, 0.3) is 0 Å². The molecule has 7 heteroatoms. The fraction of sp³-hybridized carbons (Fsp3) is 0.440. The maximum absolute atomic E-state index is 13.4. The Morgan fingerprint density at radius 1 is 1.12 bits per heavy atom. The van der Waals surface area contributed by atoms with Crippen LogP contribution in [0.1, 0.15) is 44.7 Å². The number of rotatable bonds is 10. The van der Waals surface area contributed by atoms with Crippen LogP contribution in [0.3, 0.4) is 0 Å². The molecule has 1 atom stereocenters. The van der Waals surface area contributed by atoms with E-state index in [0.29, 0.717) is 41.8 Å². The van der Waals surface area contributed by atoms with Crippen molar-refractivity contribution < 1.29 is 19.1 Å². The number of carbonyl (C=O) groups excluding carboxylic acids is 2. The molecule has 0 saturated heterocycles. The van der Waals surface area contributed by atoms with Crippen molar-refractivity contribution in [3.63, 3.8) is 0 Å². The van der Waals surface area contributed by atoms with Gasteiger partial charge in [0.05, 0.1) is 0 Å². The molecule has 3 rings (SSSR count). The number of hydrogen-bond acceptors (Lipinski definition) is 4. The van der Waals surface area contributed by atoms with Gasteiger partial charge in [-0.2, -0.15) is 0 Å². The summed E-state index contributed by atoms with van der Waals surface area (Å²) in [5, 5.41) is 3.56. The van der Waals surface area contributed by atoms with Gasteiger partial charge in [0.15, 0.2) is 11.5 Å². The van der Waals surface area contributed by atoms with Crippen LogP contribution in [0.2, 0.25) is 5.02 Å². The van der Waals surface area contributed by atoms with Crippen LogP contribution in [0.4, 0.5) is 0 Å². The molecule has 1 N–H and O–H groups in total. The van der Waals surface area contributed by atoms with Crippen molar-refractivity contribution in [3.05, 3.63) is 58.6 Å². The molecule has 1 heterocycles. The zero-order chi connectivity index (χ0) is 23.1. The molecular formula is C25H31ClN2O4. The quantitative estimate of drug-likeness (QED) is 0.565. The lowest BCUT2D eigenvalue weighted by molar-refractivity contribution is -0.141. The van der Waals surface area contributed by atoms with Crippen LogP contribution in [0.15, 0.2) is 42.5 Å². The molecule has 2 aromatic carbocycles. The molecule has 0 aliphatic carbocycles. The Kier molecular flexibility index (Phi) is 8.39. The predicted molar refractivity (Wildman–Crippen MR) is 125 cm³/mol. The smallest absolute Gasteiger partial charge is 0.242 e. The Bertz CT molecular complexity index is 947. The summed E-state index contributed by atoms with van der Waals surface area (Å²) in [6, 6.07) is 12.6. The van der Waals surface area contributed by atoms with Crippen LogP contribution < -0.4 is 14.8 Å². The van der Waals surface area contributed by atoms with E-state index in [1.807, 2.05) is 57.2 Å². The molecule has 0 fully saturated rings. The SMILES string of the molecule is CC[C@@H](C(=O)NCC(C)C)N(Cc1ccccc1Cl)C(=O)CCc1ccc2c(c1)OCO2. The molecule has 172 valence electrons. The molecule has 32 heavy (non-hydrogen) atoms. The second kappa shape index (κ2) is 11.2. The molecule has 0 radical (unpaired) electrons. The van der Waals surface area contributed by atoms with Crippen molar-refractivity contribution in [1.82, 2.24) is 10.2 Å². The van der Waals surface area contributed by atoms with Crippen molar-refractivity contribution in [3.8, 4) is 11.5 Å². The van der Waals surface area contributed by atoms with Gasteiger partial charge in [0.1, 0.15) is 6.04 Å². The largest absolute Gasteiger partial charge is 0.454 e. The molecule has 0 aromatic heterocycles. The first-order valence-corrected chi connectivity index (χ1v) is 11.5. The Morgan fingerprint density at radius 3 is 2.59 bits per heavy atom. The summed E-state index contributed by atoms with van der Waals surface area (Å²) in [7, 11) is 0. The van der Waals surface area contributed by atoms with Crippen LogP contribution in [0, 0.1) is 5.92 Å². The summed E-state index contributed by atoms with van der Waals surface area (Å²) in [6.45, 7) is 7.07. The Balaban J connectivity index is 1.76. The highest BCUT2D eigenvalue weighted by Gasteiger charge is 2.29. The van der Waals surface area contributed by atoms with E-state index in [2.05, 4.69) is 5.32 Å². The molecule has 2 amide bonds. The summed E-state index contributed by atoms with van der Waals surface area (Å²) in [6.07, 6.45) is 1.33. The fourth-order valence-corrected chi connectivity index (χ4v) is 3.84. The highest BCUT2D eigenvalue weighted by atomic mass is 35.5. The summed E-state index contributed by atoms with van der Waals surface area (Å²) < 4.78 is 10.8. The Morgan fingerprint density at radius 2 is 1.88 bits per heavy atom. The van der Waals surface area contributed by atoms with Gasteiger partial charge in [-0.25, -0.2) is 0 Å². The number of nitrogens with one attached hydrogen (secondary N) is 1. The zero-order valence-corrected chi connectivity index (χ0v) is 19.7. The molecule has 1 aliphatic rings. The molecular weight excluding hydrogens is 428 g/mol. The van der Waals surface area contributed by atoms with Gasteiger partial charge < -0.3 is 19.7 Å². The second-order valence-corrected chi connectivity index (χ2v) is 8.77. The van der Waals surface area contributed by atoms with E-state index in [1.165, 1.54) is 0 Å². The summed E-state index contributed by atoms with van der Waals surface area (Å²) in [5.41, 5.74) is 1.80. The topological polar surface area (TPSA) is 67.9 Å². The molecule has 1 aliphatic heterocycles. The third-order valence-corrected chi connectivity index (χ3v) is 5.80. The third kappa shape index (κ3) is 6.16. The average Bonchev–Trinajstić information content (AvgIpc) is 3.25. The van der Waals surface area contributed by atoms with Gasteiger partial charge in [-0.05, 0) is 48.1 Å². The monoisotopic (exact) mass is 458 g/mol. The first kappa shape index (κ1) is 23.9. The number of aryl methyl sites for hydroxylation is 1.